The molecule has 0 spiro atoms. The number of amides is 2. The van der Waals surface area contributed by atoms with E-state index in [1.54, 1.807) is 30.3 Å². The summed E-state index contributed by atoms with van der Waals surface area (Å²) in [6.07, 6.45) is 1.39. The minimum atomic E-state index is -0.604. The lowest BCUT2D eigenvalue weighted by atomic mass is 10.1. The SMILES string of the molecule is COc1ccc(NC(=O)c2ccco2)cc1NC(=O)c1ccc(-c2ccccc2[N+](=O)[O-])o1. The molecule has 4 rings (SSSR count). The summed E-state index contributed by atoms with van der Waals surface area (Å²) in [6, 6.07) is 16.8. The van der Waals surface area contributed by atoms with Gasteiger partial charge in [0.05, 0.1) is 29.5 Å². The predicted octanol–water partition coefficient (Wildman–Crippen LogP) is 4.96. The molecular weight excluding hydrogens is 430 g/mol. The Hall–Kier alpha value is -4.86. The third-order valence-electron chi connectivity index (χ3n) is 4.65. The number of anilines is 2. The number of furan rings is 2. The lowest BCUT2D eigenvalue weighted by molar-refractivity contribution is -0.384. The highest BCUT2D eigenvalue weighted by molar-refractivity contribution is 6.05. The second-order valence-corrected chi connectivity index (χ2v) is 6.74. The molecule has 2 N–H and O–H groups in total. The van der Waals surface area contributed by atoms with Gasteiger partial charge in [-0.05, 0) is 48.5 Å². The van der Waals surface area contributed by atoms with Crippen LogP contribution in [0.25, 0.3) is 11.3 Å². The van der Waals surface area contributed by atoms with Gasteiger partial charge in [0.15, 0.2) is 11.5 Å². The van der Waals surface area contributed by atoms with Gasteiger partial charge in [-0.15, -0.1) is 0 Å². The molecule has 0 aliphatic heterocycles. The zero-order chi connectivity index (χ0) is 23.4. The van der Waals surface area contributed by atoms with Crippen molar-refractivity contribution in [1.29, 1.82) is 0 Å². The fourth-order valence-electron chi connectivity index (χ4n) is 3.11. The van der Waals surface area contributed by atoms with E-state index < -0.39 is 16.7 Å². The molecule has 10 nitrogen and oxygen atoms in total. The molecule has 2 heterocycles. The van der Waals surface area contributed by atoms with Crippen LogP contribution in [0.5, 0.6) is 5.75 Å². The van der Waals surface area contributed by atoms with E-state index in [0.29, 0.717) is 11.4 Å². The van der Waals surface area contributed by atoms with Crippen LogP contribution in [0.4, 0.5) is 17.1 Å². The van der Waals surface area contributed by atoms with Gasteiger partial charge in [0.1, 0.15) is 11.5 Å². The van der Waals surface area contributed by atoms with Crippen LogP contribution in [0, 0.1) is 10.1 Å². The number of nitrogens with zero attached hydrogens (tertiary/aromatic N) is 1. The van der Waals surface area contributed by atoms with Gasteiger partial charge in [-0.1, -0.05) is 12.1 Å². The first kappa shape index (κ1) is 21.4. The quantitative estimate of drug-likeness (QED) is 0.302. The average Bonchev–Trinajstić information content (AvgIpc) is 3.52. The van der Waals surface area contributed by atoms with Crippen LogP contribution in [0.15, 0.2) is 81.8 Å². The molecule has 33 heavy (non-hydrogen) atoms. The lowest BCUT2D eigenvalue weighted by Gasteiger charge is -2.12. The molecule has 0 fully saturated rings. The van der Waals surface area contributed by atoms with Gasteiger partial charge < -0.3 is 24.2 Å². The Bertz CT molecular complexity index is 1330. The number of para-hydroxylation sites is 1. The summed E-state index contributed by atoms with van der Waals surface area (Å²) in [5.41, 5.74) is 0.790. The van der Waals surface area contributed by atoms with Crippen LogP contribution >= 0.6 is 0 Å². The van der Waals surface area contributed by atoms with Gasteiger partial charge in [-0.3, -0.25) is 19.7 Å². The van der Waals surface area contributed by atoms with Gasteiger partial charge in [0, 0.05) is 11.8 Å². The number of nitro groups is 1. The van der Waals surface area contributed by atoms with E-state index in [2.05, 4.69) is 10.6 Å². The predicted molar refractivity (Wildman–Crippen MR) is 118 cm³/mol. The molecule has 4 aromatic rings. The van der Waals surface area contributed by atoms with Crippen LogP contribution in [0.2, 0.25) is 0 Å². The summed E-state index contributed by atoms with van der Waals surface area (Å²) in [5, 5.41) is 16.6. The molecule has 2 amide bonds. The summed E-state index contributed by atoms with van der Waals surface area (Å²) in [7, 11) is 1.44. The topological polar surface area (TPSA) is 137 Å². The standard InChI is InChI=1S/C23H17N3O7/c1-31-19-9-8-14(24-22(27)20-7-4-12-32-20)13-16(19)25-23(28)21-11-10-18(33-21)15-5-2-3-6-17(15)26(29)30/h2-13H,1H3,(H,24,27)(H,25,28). The monoisotopic (exact) mass is 447 g/mol. The van der Waals surface area contributed by atoms with Gasteiger partial charge >= 0.3 is 0 Å². The molecule has 0 aliphatic rings. The smallest absolute Gasteiger partial charge is 0.291 e. The maximum absolute atomic E-state index is 12.8. The molecule has 0 unspecified atom stereocenters. The Kier molecular flexibility index (Phi) is 5.90. The molecule has 0 saturated heterocycles. The molecule has 2 aromatic heterocycles. The Balaban J connectivity index is 1.55. The number of rotatable bonds is 7. The Labute approximate surface area is 186 Å². The van der Waals surface area contributed by atoms with Crippen molar-refractivity contribution in [3.63, 3.8) is 0 Å². The number of carbonyl (C=O) groups is 2. The van der Waals surface area contributed by atoms with Crippen LogP contribution < -0.4 is 15.4 Å². The first-order chi connectivity index (χ1) is 16.0. The van der Waals surface area contributed by atoms with Crippen molar-refractivity contribution >= 4 is 28.9 Å². The van der Waals surface area contributed by atoms with Crippen molar-refractivity contribution in [3.8, 4) is 17.1 Å². The maximum atomic E-state index is 12.8. The molecule has 0 bridgehead atoms. The number of nitro benzene ring substituents is 1. The first-order valence-corrected chi connectivity index (χ1v) is 9.64. The number of hydrogen-bond donors (Lipinski definition) is 2. The van der Waals surface area contributed by atoms with Crippen molar-refractivity contribution in [2.24, 2.45) is 0 Å². The van der Waals surface area contributed by atoms with Crippen LogP contribution in [0.3, 0.4) is 0 Å². The number of nitrogens with one attached hydrogen (secondary N) is 2. The molecule has 0 radical (unpaired) electrons. The van der Waals surface area contributed by atoms with Crippen LogP contribution in [-0.2, 0) is 0 Å². The van der Waals surface area contributed by atoms with E-state index in [1.807, 2.05) is 0 Å². The maximum Gasteiger partial charge on any atom is 0.291 e. The minimum absolute atomic E-state index is 0.0600. The number of methoxy groups -OCH3 is 1. The van der Waals surface area contributed by atoms with Gasteiger partial charge in [0.25, 0.3) is 17.5 Å². The third-order valence-corrected chi connectivity index (χ3v) is 4.65. The Morgan fingerprint density at radius 1 is 0.939 bits per heavy atom. The Morgan fingerprint density at radius 3 is 2.45 bits per heavy atom. The average molecular weight is 447 g/mol. The zero-order valence-corrected chi connectivity index (χ0v) is 17.2. The van der Waals surface area contributed by atoms with Gasteiger partial charge in [-0.25, -0.2) is 0 Å². The number of hydrogen-bond acceptors (Lipinski definition) is 7. The molecule has 0 saturated carbocycles. The largest absolute Gasteiger partial charge is 0.495 e. The summed E-state index contributed by atoms with van der Waals surface area (Å²) in [6.45, 7) is 0. The lowest BCUT2D eigenvalue weighted by Crippen LogP contribution is -2.14. The molecule has 0 atom stereocenters. The van der Waals surface area contributed by atoms with Crippen molar-refractivity contribution in [2.75, 3.05) is 17.7 Å². The minimum Gasteiger partial charge on any atom is -0.495 e. The van der Waals surface area contributed by atoms with E-state index in [4.69, 9.17) is 13.6 Å². The molecule has 166 valence electrons. The molecule has 2 aromatic carbocycles. The number of benzene rings is 2. The molecule has 0 aliphatic carbocycles. The van der Waals surface area contributed by atoms with Crippen LogP contribution in [-0.4, -0.2) is 23.8 Å². The van der Waals surface area contributed by atoms with Crippen molar-refractivity contribution in [3.05, 3.63) is 94.6 Å². The summed E-state index contributed by atoms with van der Waals surface area (Å²) in [5.74, 6) is -0.455. The van der Waals surface area contributed by atoms with E-state index in [9.17, 15) is 19.7 Å². The van der Waals surface area contributed by atoms with Crippen molar-refractivity contribution in [1.82, 2.24) is 0 Å². The van der Waals surface area contributed by atoms with Crippen LogP contribution in [0.1, 0.15) is 21.1 Å². The third kappa shape index (κ3) is 4.59. The van der Waals surface area contributed by atoms with E-state index in [1.165, 1.54) is 49.8 Å². The van der Waals surface area contributed by atoms with Crippen molar-refractivity contribution in [2.45, 2.75) is 0 Å². The fourth-order valence-corrected chi connectivity index (χ4v) is 3.11. The van der Waals surface area contributed by atoms with E-state index in [-0.39, 0.29) is 34.2 Å². The Morgan fingerprint density at radius 2 is 1.73 bits per heavy atom. The normalized spacial score (nSPS) is 10.5. The van der Waals surface area contributed by atoms with Gasteiger partial charge in [-0.2, -0.15) is 0 Å². The summed E-state index contributed by atoms with van der Waals surface area (Å²) in [4.78, 5) is 35.7. The highest BCUT2D eigenvalue weighted by atomic mass is 16.6. The van der Waals surface area contributed by atoms with Gasteiger partial charge in [0.2, 0.25) is 0 Å². The number of carbonyl (C=O) groups excluding carboxylic acids is 2. The fraction of sp³-hybridized carbons (Fsp3) is 0.0435. The molecular formula is C23H17N3O7. The zero-order valence-electron chi connectivity index (χ0n) is 17.2. The van der Waals surface area contributed by atoms with E-state index >= 15 is 0 Å². The second-order valence-electron chi connectivity index (χ2n) is 6.74. The van der Waals surface area contributed by atoms with E-state index in [0.717, 1.165) is 0 Å². The summed E-state index contributed by atoms with van der Waals surface area (Å²) < 4.78 is 15.9. The highest BCUT2D eigenvalue weighted by Crippen LogP contribution is 2.32. The first-order valence-electron chi connectivity index (χ1n) is 9.64. The van der Waals surface area contributed by atoms with Crippen molar-refractivity contribution < 1.29 is 28.1 Å². The molecule has 10 heteroatoms. The number of ether oxygens (including phenoxy) is 1. The summed E-state index contributed by atoms with van der Waals surface area (Å²) >= 11 is 0. The second kappa shape index (κ2) is 9.10. The highest BCUT2D eigenvalue weighted by Gasteiger charge is 2.20.